The highest BCUT2D eigenvalue weighted by molar-refractivity contribution is 7.80. The summed E-state index contributed by atoms with van der Waals surface area (Å²) in [7, 11) is 0. The van der Waals surface area contributed by atoms with E-state index in [0.29, 0.717) is 11.0 Å². The Labute approximate surface area is 122 Å². The highest BCUT2D eigenvalue weighted by Crippen LogP contribution is 2.35. The van der Waals surface area contributed by atoms with Gasteiger partial charge in [-0.2, -0.15) is 0 Å². The van der Waals surface area contributed by atoms with Gasteiger partial charge in [0.05, 0.1) is 6.04 Å². The summed E-state index contributed by atoms with van der Waals surface area (Å²) >= 11 is 6.80. The Morgan fingerprint density at radius 2 is 2.32 bits per heavy atom. The quantitative estimate of drug-likeness (QED) is 0.863. The first-order valence-electron chi connectivity index (χ1n) is 6.25. The van der Waals surface area contributed by atoms with Gasteiger partial charge in [-0.1, -0.05) is 12.2 Å². The first kappa shape index (κ1) is 12.6. The molecule has 1 atom stereocenters. The summed E-state index contributed by atoms with van der Waals surface area (Å²) in [5, 5.41) is 2.17. The molecule has 5 heteroatoms. The van der Waals surface area contributed by atoms with E-state index in [0.717, 1.165) is 24.3 Å². The highest BCUT2D eigenvalue weighted by atomic mass is 32.1. The van der Waals surface area contributed by atoms with Gasteiger partial charge in [-0.25, -0.2) is 4.98 Å². The van der Waals surface area contributed by atoms with Crippen molar-refractivity contribution >= 4 is 34.4 Å². The molecule has 0 aliphatic carbocycles. The number of nitrogens with two attached hydrogens (primary N) is 1. The number of hydrogen-bond donors (Lipinski definition) is 1. The van der Waals surface area contributed by atoms with Gasteiger partial charge in [-0.3, -0.25) is 0 Å². The van der Waals surface area contributed by atoms with Crippen LogP contribution in [0.4, 0.5) is 5.82 Å². The predicted molar refractivity (Wildman–Crippen MR) is 83.9 cm³/mol. The maximum Gasteiger partial charge on any atom is 0.129 e. The standard InChI is InChI=1S/C14H15N3S2/c1-9-11-5-7-19-12(11)4-6-17(9)13-3-2-10(8-16-13)14(15)18/h2-3,5,7-9H,4,6H2,1H3,(H2,15,18). The second kappa shape index (κ2) is 4.90. The molecular weight excluding hydrogens is 274 g/mol. The van der Waals surface area contributed by atoms with Crippen LogP contribution in [0.15, 0.2) is 29.8 Å². The van der Waals surface area contributed by atoms with Crippen molar-refractivity contribution in [2.45, 2.75) is 19.4 Å². The number of hydrogen-bond acceptors (Lipinski definition) is 4. The molecule has 19 heavy (non-hydrogen) atoms. The average molecular weight is 289 g/mol. The fourth-order valence-electron chi connectivity index (χ4n) is 2.52. The number of aromatic nitrogens is 1. The maximum absolute atomic E-state index is 5.60. The molecule has 0 bridgehead atoms. The van der Waals surface area contributed by atoms with Crippen molar-refractivity contribution in [3.63, 3.8) is 0 Å². The molecule has 3 heterocycles. The van der Waals surface area contributed by atoms with Crippen molar-refractivity contribution in [3.05, 3.63) is 45.8 Å². The molecule has 0 aromatic carbocycles. The number of thiocarbonyl (C=S) groups is 1. The normalized spacial score (nSPS) is 18.2. The van der Waals surface area contributed by atoms with Crippen LogP contribution in [0.3, 0.4) is 0 Å². The summed E-state index contributed by atoms with van der Waals surface area (Å²) in [6.07, 6.45) is 2.85. The Bertz CT molecular complexity index is 603. The van der Waals surface area contributed by atoms with Crippen LogP contribution in [0.5, 0.6) is 0 Å². The first-order valence-corrected chi connectivity index (χ1v) is 7.54. The third kappa shape index (κ3) is 2.24. The van der Waals surface area contributed by atoms with Crippen molar-refractivity contribution in [1.82, 2.24) is 4.98 Å². The molecule has 1 unspecified atom stereocenters. The molecule has 2 aromatic rings. The Morgan fingerprint density at radius 3 is 3.00 bits per heavy atom. The topological polar surface area (TPSA) is 42.1 Å². The van der Waals surface area contributed by atoms with Crippen LogP contribution in [-0.4, -0.2) is 16.5 Å². The summed E-state index contributed by atoms with van der Waals surface area (Å²) in [5.74, 6) is 0.990. The fourth-order valence-corrected chi connectivity index (χ4v) is 3.61. The Hall–Kier alpha value is -1.46. The van der Waals surface area contributed by atoms with Crippen LogP contribution in [-0.2, 0) is 6.42 Å². The van der Waals surface area contributed by atoms with Crippen LogP contribution in [0.25, 0.3) is 0 Å². The average Bonchev–Trinajstić information content (AvgIpc) is 2.88. The lowest BCUT2D eigenvalue weighted by molar-refractivity contribution is 0.625. The van der Waals surface area contributed by atoms with Crippen LogP contribution in [0.1, 0.15) is 29.0 Å². The lowest BCUT2D eigenvalue weighted by Gasteiger charge is -2.34. The van der Waals surface area contributed by atoms with Gasteiger partial charge >= 0.3 is 0 Å². The van der Waals surface area contributed by atoms with Crippen LogP contribution in [0.2, 0.25) is 0 Å². The number of nitrogens with zero attached hydrogens (tertiary/aromatic N) is 2. The summed E-state index contributed by atoms with van der Waals surface area (Å²) in [6.45, 7) is 3.24. The Morgan fingerprint density at radius 1 is 1.47 bits per heavy atom. The molecule has 2 aromatic heterocycles. The van der Waals surface area contributed by atoms with E-state index in [1.165, 1.54) is 10.4 Å². The van der Waals surface area contributed by atoms with Gasteiger partial charge in [-0.05, 0) is 42.5 Å². The minimum Gasteiger partial charge on any atom is -0.389 e. The summed E-state index contributed by atoms with van der Waals surface area (Å²) < 4.78 is 0. The SMILES string of the molecule is CC1c2ccsc2CCN1c1ccc(C(N)=S)cn1. The van der Waals surface area contributed by atoms with Crippen molar-refractivity contribution in [2.75, 3.05) is 11.4 Å². The zero-order valence-corrected chi connectivity index (χ0v) is 12.3. The van der Waals surface area contributed by atoms with E-state index in [9.17, 15) is 0 Å². The first-order chi connectivity index (χ1) is 9.16. The second-order valence-corrected chi connectivity index (χ2v) is 6.13. The molecule has 0 fully saturated rings. The lowest BCUT2D eigenvalue weighted by atomic mass is 10.0. The molecule has 1 aliphatic rings. The van der Waals surface area contributed by atoms with E-state index in [-0.39, 0.29) is 0 Å². The van der Waals surface area contributed by atoms with Gasteiger partial charge in [0.15, 0.2) is 0 Å². The lowest BCUT2D eigenvalue weighted by Crippen LogP contribution is -2.33. The Balaban J connectivity index is 1.89. The van der Waals surface area contributed by atoms with Crippen molar-refractivity contribution < 1.29 is 0 Å². The van der Waals surface area contributed by atoms with E-state index >= 15 is 0 Å². The summed E-state index contributed by atoms with van der Waals surface area (Å²) in [5.41, 5.74) is 7.84. The molecule has 0 spiro atoms. The van der Waals surface area contributed by atoms with Gasteiger partial charge in [0.1, 0.15) is 10.8 Å². The van der Waals surface area contributed by atoms with Crippen molar-refractivity contribution in [3.8, 4) is 0 Å². The van der Waals surface area contributed by atoms with E-state index < -0.39 is 0 Å². The van der Waals surface area contributed by atoms with Gasteiger partial charge in [0, 0.05) is 23.2 Å². The summed E-state index contributed by atoms with van der Waals surface area (Å²) in [4.78, 5) is 8.72. The Kier molecular flexibility index (Phi) is 3.24. The number of fused-ring (bicyclic) bond motifs is 1. The van der Waals surface area contributed by atoms with Gasteiger partial charge in [0.25, 0.3) is 0 Å². The molecule has 98 valence electrons. The number of pyridine rings is 1. The maximum atomic E-state index is 5.60. The van der Waals surface area contributed by atoms with E-state index in [1.807, 2.05) is 23.5 Å². The second-order valence-electron chi connectivity index (χ2n) is 4.69. The van der Waals surface area contributed by atoms with Crippen LogP contribution in [0, 0.1) is 0 Å². The van der Waals surface area contributed by atoms with Gasteiger partial charge in [-0.15, -0.1) is 11.3 Å². The van der Waals surface area contributed by atoms with Crippen LogP contribution < -0.4 is 10.6 Å². The monoisotopic (exact) mass is 289 g/mol. The fraction of sp³-hybridized carbons (Fsp3) is 0.286. The van der Waals surface area contributed by atoms with Crippen molar-refractivity contribution in [2.24, 2.45) is 5.73 Å². The largest absolute Gasteiger partial charge is 0.389 e. The third-order valence-electron chi connectivity index (χ3n) is 3.60. The molecule has 0 saturated heterocycles. The smallest absolute Gasteiger partial charge is 0.129 e. The van der Waals surface area contributed by atoms with Crippen molar-refractivity contribution in [1.29, 1.82) is 0 Å². The predicted octanol–water partition coefficient (Wildman–Crippen LogP) is 2.90. The zero-order chi connectivity index (χ0) is 13.4. The highest BCUT2D eigenvalue weighted by Gasteiger charge is 2.25. The number of rotatable bonds is 2. The van der Waals surface area contributed by atoms with Gasteiger partial charge in [0.2, 0.25) is 0 Å². The van der Waals surface area contributed by atoms with E-state index in [4.69, 9.17) is 18.0 Å². The van der Waals surface area contributed by atoms with Crippen LogP contribution >= 0.6 is 23.6 Å². The molecular formula is C14H15N3S2. The molecule has 0 amide bonds. The third-order valence-corrected chi connectivity index (χ3v) is 4.84. The van der Waals surface area contributed by atoms with E-state index in [1.54, 1.807) is 6.20 Å². The van der Waals surface area contributed by atoms with Gasteiger partial charge < -0.3 is 10.6 Å². The molecule has 0 saturated carbocycles. The minimum absolute atomic E-state index is 0.373. The zero-order valence-electron chi connectivity index (χ0n) is 10.7. The summed E-state index contributed by atoms with van der Waals surface area (Å²) in [6, 6.07) is 6.54. The molecule has 3 rings (SSSR count). The molecule has 1 aliphatic heterocycles. The molecule has 3 nitrogen and oxygen atoms in total. The van der Waals surface area contributed by atoms with E-state index in [2.05, 4.69) is 28.3 Å². The molecule has 2 N–H and O–H groups in total. The molecule has 0 radical (unpaired) electrons. The number of anilines is 1. The number of thiophene rings is 1. The minimum atomic E-state index is 0.373.